The van der Waals surface area contributed by atoms with Gasteiger partial charge in [-0.25, -0.2) is 13.8 Å². The van der Waals surface area contributed by atoms with Crippen LogP contribution in [0.1, 0.15) is 30.0 Å². The van der Waals surface area contributed by atoms with Crippen molar-refractivity contribution in [1.29, 1.82) is 0 Å². The number of halogens is 2. The first-order valence-corrected chi connectivity index (χ1v) is 16.9. The molecule has 3 heterocycles. The largest absolute Gasteiger partial charge is 0.478 e. The number of ether oxygens (including phenoxy) is 2. The van der Waals surface area contributed by atoms with Gasteiger partial charge in [0, 0.05) is 45.1 Å². The summed E-state index contributed by atoms with van der Waals surface area (Å²) < 4.78 is 30.1. The molecule has 10 nitrogen and oxygen atoms in total. The van der Waals surface area contributed by atoms with Gasteiger partial charge in [0.2, 0.25) is 5.75 Å². The Balaban J connectivity index is 1.54. The van der Waals surface area contributed by atoms with E-state index in [-0.39, 0.29) is 5.75 Å². The number of rotatable bonds is 12. The molecule has 0 amide bonds. The van der Waals surface area contributed by atoms with Crippen LogP contribution in [-0.4, -0.2) is 44.1 Å². The van der Waals surface area contributed by atoms with E-state index in [1.807, 2.05) is 18.3 Å². The molecule has 0 saturated carbocycles. The number of hydrogen-bond acceptors (Lipinski definition) is 7. The van der Waals surface area contributed by atoms with Crippen molar-refractivity contribution in [2.45, 2.75) is 51.9 Å². The summed E-state index contributed by atoms with van der Waals surface area (Å²) >= 11 is 3.26. The topological polar surface area (TPSA) is 110 Å². The van der Waals surface area contributed by atoms with Gasteiger partial charge in [-0.05, 0) is 69.1 Å². The van der Waals surface area contributed by atoms with Crippen LogP contribution in [0, 0.1) is 15.9 Å². The maximum absolute atomic E-state index is 14.4. The first-order valence-electron chi connectivity index (χ1n) is 12.4. The molecular weight excluding hydrogens is 587 g/mol. The molecule has 0 radical (unpaired) electrons. The summed E-state index contributed by atoms with van der Waals surface area (Å²) in [5, 5.41) is 20.5. The quantitative estimate of drug-likeness (QED) is 0.0792. The van der Waals surface area contributed by atoms with Crippen molar-refractivity contribution in [3.63, 3.8) is 0 Å². The molecular formula is C26H30BrFN6O4Si. The standard InChI is InChI=1S/C26H30BrFN6O4Si/c1-18(38-25-13-19(27)16-29-26(25)34(35)36)23-14-20(28)5-6-24(23)33-22(7-9-30-33)15-21-8-10-32(31-21)17-37-11-12-39(2,3)4/h5-10,13-14,16,18H,11-12,15,17H2,1-4H3/t18-/m1/s1. The van der Waals surface area contributed by atoms with E-state index >= 15 is 0 Å². The third kappa shape index (κ3) is 7.58. The highest BCUT2D eigenvalue weighted by atomic mass is 79.9. The fourth-order valence-electron chi connectivity index (χ4n) is 3.91. The van der Waals surface area contributed by atoms with Gasteiger partial charge in [-0.3, -0.25) is 0 Å². The molecule has 0 N–H and O–H groups in total. The molecule has 206 valence electrons. The van der Waals surface area contributed by atoms with Gasteiger partial charge < -0.3 is 19.6 Å². The van der Waals surface area contributed by atoms with Crippen LogP contribution >= 0.6 is 15.9 Å². The molecule has 0 unspecified atom stereocenters. The fourth-order valence-corrected chi connectivity index (χ4v) is 4.98. The lowest BCUT2D eigenvalue weighted by Crippen LogP contribution is -2.22. The molecule has 39 heavy (non-hydrogen) atoms. The van der Waals surface area contributed by atoms with Gasteiger partial charge in [0.05, 0.1) is 21.5 Å². The molecule has 3 aromatic heterocycles. The van der Waals surface area contributed by atoms with Crippen LogP contribution in [0.5, 0.6) is 5.75 Å². The molecule has 0 bridgehead atoms. The average Bonchev–Trinajstić information content (AvgIpc) is 3.51. The normalized spacial score (nSPS) is 12.5. The second-order valence-electron chi connectivity index (χ2n) is 10.3. The van der Waals surface area contributed by atoms with Crippen LogP contribution in [0.25, 0.3) is 5.69 Å². The lowest BCUT2D eigenvalue weighted by atomic mass is 10.1. The average molecular weight is 618 g/mol. The zero-order valence-corrected chi connectivity index (χ0v) is 24.8. The minimum atomic E-state index is -1.15. The summed E-state index contributed by atoms with van der Waals surface area (Å²) in [5.74, 6) is -0.925. The molecule has 4 rings (SSSR count). The van der Waals surface area contributed by atoms with E-state index in [4.69, 9.17) is 9.47 Å². The van der Waals surface area contributed by atoms with E-state index < -0.39 is 30.7 Å². The highest BCUT2D eigenvalue weighted by Crippen LogP contribution is 2.33. The zero-order chi connectivity index (χ0) is 28.2. The highest BCUT2D eigenvalue weighted by molar-refractivity contribution is 9.10. The van der Waals surface area contributed by atoms with Crippen molar-refractivity contribution < 1.29 is 18.8 Å². The number of pyridine rings is 1. The molecule has 13 heteroatoms. The second kappa shape index (κ2) is 12.2. The molecule has 0 fully saturated rings. The van der Waals surface area contributed by atoms with Gasteiger partial charge in [-0.15, -0.1) is 0 Å². The van der Waals surface area contributed by atoms with Crippen LogP contribution in [-0.2, 0) is 17.9 Å². The van der Waals surface area contributed by atoms with E-state index in [1.54, 1.807) is 28.6 Å². The summed E-state index contributed by atoms with van der Waals surface area (Å²) in [4.78, 5) is 14.7. The molecule has 0 saturated heterocycles. The van der Waals surface area contributed by atoms with Gasteiger partial charge in [-0.2, -0.15) is 10.2 Å². The first-order chi connectivity index (χ1) is 18.5. The van der Waals surface area contributed by atoms with Gasteiger partial charge in [0.25, 0.3) is 0 Å². The Morgan fingerprint density at radius 3 is 2.74 bits per heavy atom. The molecule has 1 atom stereocenters. The SMILES string of the molecule is C[C@@H](Oc1cc(Br)cnc1[N+](=O)[O-])c1cc(F)ccc1-n1nccc1Cc1ccn(COCC[Si](C)(C)C)n1. The molecule has 0 aliphatic heterocycles. The van der Waals surface area contributed by atoms with Gasteiger partial charge in [0.15, 0.2) is 6.20 Å². The summed E-state index contributed by atoms with van der Waals surface area (Å²) in [6.07, 6.45) is 4.58. The molecule has 0 spiro atoms. The van der Waals surface area contributed by atoms with Gasteiger partial charge >= 0.3 is 5.82 Å². The van der Waals surface area contributed by atoms with Crippen molar-refractivity contribution in [2.75, 3.05) is 6.61 Å². The van der Waals surface area contributed by atoms with Crippen LogP contribution in [0.4, 0.5) is 10.2 Å². The minimum absolute atomic E-state index is 0.0321. The second-order valence-corrected chi connectivity index (χ2v) is 16.8. The Labute approximate surface area is 235 Å². The number of benzene rings is 1. The third-order valence-corrected chi connectivity index (χ3v) is 8.07. The maximum Gasteiger partial charge on any atom is 0.406 e. The Hall–Kier alpha value is -3.42. The molecule has 4 aromatic rings. The van der Waals surface area contributed by atoms with Gasteiger partial charge in [-0.1, -0.05) is 19.6 Å². The highest BCUT2D eigenvalue weighted by Gasteiger charge is 2.23. The minimum Gasteiger partial charge on any atom is -0.478 e. The number of nitrogens with zero attached hydrogens (tertiary/aromatic N) is 6. The number of nitro groups is 1. The zero-order valence-electron chi connectivity index (χ0n) is 22.2. The summed E-state index contributed by atoms with van der Waals surface area (Å²) in [7, 11) is -1.15. The predicted molar refractivity (Wildman–Crippen MR) is 150 cm³/mol. The van der Waals surface area contributed by atoms with E-state index in [0.29, 0.717) is 35.5 Å². The monoisotopic (exact) mass is 616 g/mol. The first kappa shape index (κ1) is 28.6. The van der Waals surface area contributed by atoms with Crippen LogP contribution < -0.4 is 4.74 Å². The van der Waals surface area contributed by atoms with E-state index in [1.165, 1.54) is 24.4 Å². The number of aromatic nitrogens is 5. The summed E-state index contributed by atoms with van der Waals surface area (Å²) in [6, 6.07) is 10.6. The van der Waals surface area contributed by atoms with E-state index in [2.05, 4.69) is 50.8 Å². The van der Waals surface area contributed by atoms with E-state index in [9.17, 15) is 14.5 Å². The van der Waals surface area contributed by atoms with Crippen molar-refractivity contribution in [3.05, 3.63) is 92.3 Å². The van der Waals surface area contributed by atoms with Gasteiger partial charge in [0.1, 0.15) is 18.7 Å². The third-order valence-electron chi connectivity index (χ3n) is 5.93. The Kier molecular flexibility index (Phi) is 8.93. The predicted octanol–water partition coefficient (Wildman–Crippen LogP) is 6.32. The smallest absolute Gasteiger partial charge is 0.406 e. The molecule has 1 aromatic carbocycles. The lowest BCUT2D eigenvalue weighted by molar-refractivity contribution is -0.390. The fraction of sp³-hybridized carbons (Fsp3) is 0.346. The van der Waals surface area contributed by atoms with Crippen LogP contribution in [0.2, 0.25) is 25.7 Å². The maximum atomic E-state index is 14.4. The van der Waals surface area contributed by atoms with Crippen molar-refractivity contribution >= 4 is 29.8 Å². The number of hydrogen-bond donors (Lipinski definition) is 0. The lowest BCUT2D eigenvalue weighted by Gasteiger charge is -2.19. The molecule has 0 aliphatic carbocycles. The Bertz CT molecular complexity index is 1450. The van der Waals surface area contributed by atoms with Crippen molar-refractivity contribution in [2.24, 2.45) is 0 Å². The van der Waals surface area contributed by atoms with E-state index in [0.717, 1.165) is 17.4 Å². The summed E-state index contributed by atoms with van der Waals surface area (Å²) in [5.41, 5.74) is 2.71. The van der Waals surface area contributed by atoms with Crippen molar-refractivity contribution in [1.82, 2.24) is 24.5 Å². The molecule has 0 aliphatic rings. The van der Waals surface area contributed by atoms with Crippen LogP contribution in [0.3, 0.4) is 0 Å². The Morgan fingerprint density at radius 1 is 1.21 bits per heavy atom. The summed E-state index contributed by atoms with van der Waals surface area (Å²) in [6.45, 7) is 9.73. The Morgan fingerprint density at radius 2 is 2.00 bits per heavy atom. The van der Waals surface area contributed by atoms with Crippen LogP contribution in [0.15, 0.2) is 59.5 Å². The van der Waals surface area contributed by atoms with Crippen molar-refractivity contribution in [3.8, 4) is 11.4 Å².